The van der Waals surface area contributed by atoms with Crippen molar-refractivity contribution < 1.29 is 4.79 Å². The fourth-order valence-electron chi connectivity index (χ4n) is 0.878. The summed E-state index contributed by atoms with van der Waals surface area (Å²) in [6.07, 6.45) is 1.33. The monoisotopic (exact) mass is 214 g/mol. The van der Waals surface area contributed by atoms with Crippen LogP contribution >= 0.6 is 11.3 Å². The fraction of sp³-hybridized carbons (Fsp3) is 0.625. The molecule has 0 aliphatic carbocycles. The minimum absolute atomic E-state index is 0.0279. The summed E-state index contributed by atoms with van der Waals surface area (Å²) in [5.74, 6) is -0.0279. The fourth-order valence-corrected chi connectivity index (χ4v) is 1.59. The lowest BCUT2D eigenvalue weighted by atomic mass is 10.3. The van der Waals surface area contributed by atoms with E-state index in [-0.39, 0.29) is 11.9 Å². The second-order valence-electron chi connectivity index (χ2n) is 3.03. The molecule has 14 heavy (non-hydrogen) atoms. The number of carbonyl (C=O) groups is 1. The van der Waals surface area contributed by atoms with Gasteiger partial charge in [0.25, 0.3) is 0 Å². The Bertz CT molecular complexity index is 310. The zero-order valence-corrected chi connectivity index (χ0v) is 9.10. The Labute approximate surface area is 86.7 Å². The van der Waals surface area contributed by atoms with Gasteiger partial charge in [0.1, 0.15) is 5.01 Å². The highest BCUT2D eigenvalue weighted by Crippen LogP contribution is 2.19. The first kappa shape index (κ1) is 11.1. The van der Waals surface area contributed by atoms with Crippen molar-refractivity contribution in [2.45, 2.75) is 32.7 Å². The Morgan fingerprint density at radius 2 is 2.36 bits per heavy atom. The molecule has 0 saturated heterocycles. The quantitative estimate of drug-likeness (QED) is 0.791. The number of rotatable bonds is 4. The first-order valence-corrected chi connectivity index (χ1v) is 5.34. The van der Waals surface area contributed by atoms with Crippen molar-refractivity contribution in [1.82, 2.24) is 10.2 Å². The Balaban J connectivity index is 2.55. The molecule has 3 N–H and O–H groups in total. The maximum Gasteiger partial charge on any atom is 0.226 e. The van der Waals surface area contributed by atoms with Crippen molar-refractivity contribution in [3.63, 3.8) is 0 Å². The Morgan fingerprint density at radius 3 is 2.86 bits per heavy atom. The molecule has 1 rings (SSSR count). The van der Waals surface area contributed by atoms with Gasteiger partial charge in [0, 0.05) is 6.42 Å². The maximum absolute atomic E-state index is 11.2. The van der Waals surface area contributed by atoms with Crippen molar-refractivity contribution in [2.24, 2.45) is 5.73 Å². The summed E-state index contributed by atoms with van der Waals surface area (Å²) < 4.78 is 0. The largest absolute Gasteiger partial charge is 0.322 e. The van der Waals surface area contributed by atoms with Gasteiger partial charge in [-0.15, -0.1) is 10.2 Å². The van der Waals surface area contributed by atoms with E-state index in [4.69, 9.17) is 5.73 Å². The average molecular weight is 214 g/mol. The molecule has 1 heterocycles. The van der Waals surface area contributed by atoms with Crippen LogP contribution in [0.25, 0.3) is 0 Å². The van der Waals surface area contributed by atoms with Gasteiger partial charge < -0.3 is 11.1 Å². The molecule has 0 bridgehead atoms. The molecule has 1 aromatic heterocycles. The number of nitrogens with two attached hydrogens (primary N) is 1. The van der Waals surface area contributed by atoms with Crippen LogP contribution in [0.2, 0.25) is 0 Å². The number of carbonyl (C=O) groups excluding carboxylic acids is 1. The normalized spacial score (nSPS) is 12.5. The summed E-state index contributed by atoms with van der Waals surface area (Å²) >= 11 is 1.32. The van der Waals surface area contributed by atoms with Gasteiger partial charge in [0.2, 0.25) is 11.0 Å². The maximum atomic E-state index is 11.2. The van der Waals surface area contributed by atoms with E-state index in [2.05, 4.69) is 15.5 Å². The molecule has 0 aliphatic heterocycles. The van der Waals surface area contributed by atoms with Crippen LogP contribution in [0.3, 0.4) is 0 Å². The average Bonchev–Trinajstić information content (AvgIpc) is 2.53. The van der Waals surface area contributed by atoms with Crippen LogP contribution in [0.1, 0.15) is 37.7 Å². The summed E-state index contributed by atoms with van der Waals surface area (Å²) in [6.45, 7) is 3.78. The lowest BCUT2D eigenvalue weighted by molar-refractivity contribution is -0.116. The van der Waals surface area contributed by atoms with Crippen LogP contribution in [0.15, 0.2) is 0 Å². The van der Waals surface area contributed by atoms with E-state index in [0.717, 1.165) is 11.4 Å². The van der Waals surface area contributed by atoms with Crippen LogP contribution < -0.4 is 11.1 Å². The molecule has 0 spiro atoms. The van der Waals surface area contributed by atoms with E-state index in [9.17, 15) is 4.79 Å². The minimum Gasteiger partial charge on any atom is -0.322 e. The molecule has 1 atom stereocenters. The molecule has 0 fully saturated rings. The smallest absolute Gasteiger partial charge is 0.226 e. The molecule has 0 radical (unpaired) electrons. The summed E-state index contributed by atoms with van der Waals surface area (Å²) in [6, 6.07) is -0.135. The van der Waals surface area contributed by atoms with E-state index >= 15 is 0 Å². The van der Waals surface area contributed by atoms with E-state index in [0.29, 0.717) is 11.6 Å². The topological polar surface area (TPSA) is 80.9 Å². The second kappa shape index (κ2) is 5.02. The molecular weight excluding hydrogens is 200 g/mol. The molecule has 6 heteroatoms. The summed E-state index contributed by atoms with van der Waals surface area (Å²) in [4.78, 5) is 11.2. The standard InChI is InChI=1S/C8H14N4OS/c1-3-4-6(13)10-8-12-11-7(14-8)5(2)9/h5H,3-4,9H2,1-2H3,(H,10,12,13). The molecule has 5 nitrogen and oxygen atoms in total. The molecule has 0 saturated carbocycles. The van der Waals surface area contributed by atoms with E-state index < -0.39 is 0 Å². The molecular formula is C8H14N4OS. The van der Waals surface area contributed by atoms with E-state index in [1.807, 2.05) is 13.8 Å². The Morgan fingerprint density at radius 1 is 1.64 bits per heavy atom. The Kier molecular flexibility index (Phi) is 3.97. The van der Waals surface area contributed by atoms with Crippen molar-refractivity contribution in [1.29, 1.82) is 0 Å². The molecule has 1 amide bonds. The number of hydrogen-bond acceptors (Lipinski definition) is 5. The Hall–Kier alpha value is -1.01. The SMILES string of the molecule is CCCC(=O)Nc1nnc(C(C)N)s1. The first-order chi connectivity index (χ1) is 6.63. The summed E-state index contributed by atoms with van der Waals surface area (Å²) in [5, 5.41) is 11.6. The zero-order valence-electron chi connectivity index (χ0n) is 8.28. The van der Waals surface area contributed by atoms with Gasteiger partial charge in [-0.05, 0) is 13.3 Å². The highest BCUT2D eigenvalue weighted by Gasteiger charge is 2.09. The van der Waals surface area contributed by atoms with Crippen molar-refractivity contribution in [3.8, 4) is 0 Å². The third-order valence-corrected chi connectivity index (χ3v) is 2.59. The number of aromatic nitrogens is 2. The predicted octanol–water partition coefficient (Wildman–Crippen LogP) is 1.30. The van der Waals surface area contributed by atoms with Crippen LogP contribution in [0.4, 0.5) is 5.13 Å². The van der Waals surface area contributed by atoms with Crippen LogP contribution in [-0.2, 0) is 4.79 Å². The number of nitrogens with zero attached hydrogens (tertiary/aromatic N) is 2. The predicted molar refractivity (Wildman–Crippen MR) is 56.0 cm³/mol. The molecule has 78 valence electrons. The third kappa shape index (κ3) is 3.04. The summed E-state index contributed by atoms with van der Waals surface area (Å²) in [5.41, 5.74) is 5.61. The van der Waals surface area contributed by atoms with Gasteiger partial charge in [-0.2, -0.15) is 0 Å². The van der Waals surface area contributed by atoms with Gasteiger partial charge in [0.05, 0.1) is 6.04 Å². The van der Waals surface area contributed by atoms with Gasteiger partial charge in [-0.3, -0.25) is 4.79 Å². The lowest BCUT2D eigenvalue weighted by Gasteiger charge is -1.97. The minimum atomic E-state index is -0.135. The second-order valence-corrected chi connectivity index (χ2v) is 4.04. The van der Waals surface area contributed by atoms with Gasteiger partial charge in [0.15, 0.2) is 0 Å². The van der Waals surface area contributed by atoms with Gasteiger partial charge in [-0.25, -0.2) is 0 Å². The van der Waals surface area contributed by atoms with E-state index in [1.54, 1.807) is 0 Å². The number of nitrogens with one attached hydrogen (secondary N) is 1. The molecule has 1 aromatic rings. The molecule has 1 unspecified atom stereocenters. The van der Waals surface area contributed by atoms with Crippen molar-refractivity contribution >= 4 is 22.4 Å². The van der Waals surface area contributed by atoms with Gasteiger partial charge >= 0.3 is 0 Å². The third-order valence-electron chi connectivity index (χ3n) is 1.55. The first-order valence-electron chi connectivity index (χ1n) is 4.52. The zero-order chi connectivity index (χ0) is 10.6. The number of hydrogen-bond donors (Lipinski definition) is 2. The number of amides is 1. The highest BCUT2D eigenvalue weighted by molar-refractivity contribution is 7.15. The van der Waals surface area contributed by atoms with Crippen LogP contribution in [0, 0.1) is 0 Å². The van der Waals surface area contributed by atoms with Crippen molar-refractivity contribution in [2.75, 3.05) is 5.32 Å². The van der Waals surface area contributed by atoms with E-state index in [1.165, 1.54) is 11.3 Å². The van der Waals surface area contributed by atoms with Gasteiger partial charge in [-0.1, -0.05) is 18.3 Å². The van der Waals surface area contributed by atoms with Crippen LogP contribution in [0.5, 0.6) is 0 Å². The summed E-state index contributed by atoms with van der Waals surface area (Å²) in [7, 11) is 0. The molecule has 0 aliphatic rings. The number of anilines is 1. The lowest BCUT2D eigenvalue weighted by Crippen LogP contribution is -2.10. The van der Waals surface area contributed by atoms with Crippen molar-refractivity contribution in [3.05, 3.63) is 5.01 Å². The van der Waals surface area contributed by atoms with Crippen LogP contribution in [-0.4, -0.2) is 16.1 Å². The highest BCUT2D eigenvalue weighted by atomic mass is 32.1. The molecule has 0 aromatic carbocycles.